The molecule has 2 rings (SSSR count). The molecule has 2 aromatic rings. The van der Waals surface area contributed by atoms with Gasteiger partial charge in [0.1, 0.15) is 4.21 Å². The summed E-state index contributed by atoms with van der Waals surface area (Å²) in [6, 6.07) is 2.99. The van der Waals surface area contributed by atoms with Crippen molar-refractivity contribution in [3.8, 4) is 0 Å². The Kier molecular flexibility index (Phi) is 4.77. The van der Waals surface area contributed by atoms with Crippen LogP contribution in [0.4, 0.5) is 0 Å². The lowest BCUT2D eigenvalue weighted by Gasteiger charge is -2.14. The van der Waals surface area contributed by atoms with Gasteiger partial charge in [0.25, 0.3) is 10.0 Å². The zero-order valence-electron chi connectivity index (χ0n) is 11.4. The molecule has 21 heavy (non-hydrogen) atoms. The Balaban J connectivity index is 2.16. The number of thiophene rings is 1. The smallest absolute Gasteiger partial charge is 0.308 e. The first-order chi connectivity index (χ1) is 9.79. The van der Waals surface area contributed by atoms with Crippen LogP contribution in [-0.2, 0) is 27.8 Å². The topological polar surface area (TPSA) is 87.6 Å². The number of sulfonamides is 1. The van der Waals surface area contributed by atoms with Crippen LogP contribution in [0.5, 0.6) is 0 Å². The lowest BCUT2D eigenvalue weighted by atomic mass is 10.3. The molecule has 0 fully saturated rings. The van der Waals surface area contributed by atoms with E-state index in [1.165, 1.54) is 34.8 Å². The van der Waals surface area contributed by atoms with Gasteiger partial charge < -0.3 is 5.11 Å². The van der Waals surface area contributed by atoms with Crippen LogP contribution in [0, 0.1) is 6.92 Å². The summed E-state index contributed by atoms with van der Waals surface area (Å²) >= 11 is 2.44. The molecule has 0 aliphatic rings. The molecule has 0 atom stereocenters. The van der Waals surface area contributed by atoms with Crippen molar-refractivity contribution in [2.75, 3.05) is 7.05 Å². The van der Waals surface area contributed by atoms with Crippen LogP contribution in [0.1, 0.15) is 14.8 Å². The maximum Gasteiger partial charge on any atom is 0.308 e. The minimum atomic E-state index is -3.61. The predicted molar refractivity (Wildman–Crippen MR) is 81.2 cm³/mol. The lowest BCUT2D eigenvalue weighted by Crippen LogP contribution is -2.25. The number of aromatic nitrogens is 1. The number of thiazole rings is 1. The molecule has 0 amide bonds. The molecule has 1 N–H and O–H groups in total. The number of carboxylic acid groups (broad SMARTS) is 1. The Bertz CT molecular complexity index is 748. The van der Waals surface area contributed by atoms with Gasteiger partial charge in [-0.15, -0.1) is 22.7 Å². The molecular formula is C12H14N2O4S3. The number of hydrogen-bond donors (Lipinski definition) is 1. The van der Waals surface area contributed by atoms with Gasteiger partial charge in [-0.1, -0.05) is 0 Å². The van der Waals surface area contributed by atoms with E-state index in [-0.39, 0.29) is 17.2 Å². The first-order valence-corrected chi connectivity index (χ1v) is 9.04. The average molecular weight is 346 g/mol. The fourth-order valence-corrected chi connectivity index (χ4v) is 5.31. The first kappa shape index (κ1) is 16.1. The van der Waals surface area contributed by atoms with Gasteiger partial charge in [-0.05, 0) is 19.1 Å². The second kappa shape index (κ2) is 6.22. The van der Waals surface area contributed by atoms with Gasteiger partial charge >= 0.3 is 5.97 Å². The Morgan fingerprint density at radius 1 is 1.33 bits per heavy atom. The molecule has 2 aromatic heterocycles. The fraction of sp³-hybridized carbons (Fsp3) is 0.333. The van der Waals surface area contributed by atoms with E-state index >= 15 is 0 Å². The monoisotopic (exact) mass is 346 g/mol. The van der Waals surface area contributed by atoms with E-state index in [0.29, 0.717) is 4.88 Å². The van der Waals surface area contributed by atoms with Gasteiger partial charge in [-0.25, -0.2) is 13.4 Å². The van der Waals surface area contributed by atoms with Crippen molar-refractivity contribution in [1.29, 1.82) is 0 Å². The number of rotatable bonds is 6. The Morgan fingerprint density at radius 3 is 2.62 bits per heavy atom. The van der Waals surface area contributed by atoms with Crippen LogP contribution in [0.2, 0.25) is 0 Å². The van der Waals surface area contributed by atoms with Crippen molar-refractivity contribution >= 4 is 38.7 Å². The fourth-order valence-electron chi connectivity index (χ4n) is 1.68. The van der Waals surface area contributed by atoms with Crippen LogP contribution < -0.4 is 0 Å². The normalized spacial score (nSPS) is 12.0. The molecule has 9 heteroatoms. The molecule has 0 unspecified atom stereocenters. The molecule has 2 heterocycles. The van der Waals surface area contributed by atoms with E-state index in [1.807, 2.05) is 6.92 Å². The van der Waals surface area contributed by atoms with Crippen molar-refractivity contribution in [3.05, 3.63) is 33.1 Å². The molecule has 0 aliphatic carbocycles. The average Bonchev–Trinajstić information content (AvgIpc) is 2.98. The van der Waals surface area contributed by atoms with Crippen LogP contribution in [0.25, 0.3) is 0 Å². The van der Waals surface area contributed by atoms with Gasteiger partial charge in [0.15, 0.2) is 0 Å². The molecule has 0 saturated carbocycles. The highest BCUT2D eigenvalue weighted by Crippen LogP contribution is 2.26. The summed E-state index contributed by atoms with van der Waals surface area (Å²) in [5.41, 5.74) is 0. The molecular weight excluding hydrogens is 332 g/mol. The van der Waals surface area contributed by atoms with Crippen molar-refractivity contribution in [3.63, 3.8) is 0 Å². The number of nitrogens with zero attached hydrogens (tertiary/aromatic N) is 2. The zero-order chi connectivity index (χ0) is 15.6. The number of carboxylic acids is 1. The lowest BCUT2D eigenvalue weighted by molar-refractivity contribution is -0.136. The number of aliphatic carboxylic acids is 1. The second-order valence-corrected chi connectivity index (χ2v) is 9.16. The third-order valence-electron chi connectivity index (χ3n) is 2.67. The van der Waals surface area contributed by atoms with Crippen LogP contribution in [0.3, 0.4) is 0 Å². The largest absolute Gasteiger partial charge is 0.481 e. The maximum absolute atomic E-state index is 12.4. The Hall–Kier alpha value is -1.29. The molecule has 0 aliphatic heterocycles. The SMILES string of the molecule is Cc1ncc(CN(C)S(=O)(=O)c2ccc(CC(=O)O)s2)s1. The second-order valence-electron chi connectivity index (χ2n) is 4.40. The Morgan fingerprint density at radius 2 is 2.05 bits per heavy atom. The highest BCUT2D eigenvalue weighted by atomic mass is 32.2. The van der Waals surface area contributed by atoms with E-state index < -0.39 is 16.0 Å². The highest BCUT2D eigenvalue weighted by molar-refractivity contribution is 7.91. The standard InChI is InChI=1S/C12H14N2O4S3/c1-8-13-6-10(19-8)7-14(2)21(17,18)12-4-3-9(20-12)5-11(15)16/h3-4,6H,5,7H2,1-2H3,(H,15,16). The first-order valence-electron chi connectivity index (χ1n) is 5.97. The van der Waals surface area contributed by atoms with Crippen LogP contribution in [-0.4, -0.2) is 35.8 Å². The molecule has 0 radical (unpaired) electrons. The summed E-state index contributed by atoms with van der Waals surface area (Å²) in [7, 11) is -2.10. The van der Waals surface area contributed by atoms with E-state index in [0.717, 1.165) is 21.2 Å². The molecule has 0 saturated heterocycles. The zero-order valence-corrected chi connectivity index (χ0v) is 13.9. The minimum Gasteiger partial charge on any atom is -0.481 e. The minimum absolute atomic E-state index is 0.155. The quantitative estimate of drug-likeness (QED) is 0.864. The molecule has 114 valence electrons. The summed E-state index contributed by atoms with van der Waals surface area (Å²) in [5.74, 6) is -0.978. The third kappa shape index (κ3) is 3.88. The number of hydrogen-bond acceptors (Lipinski definition) is 6. The summed E-state index contributed by atoms with van der Waals surface area (Å²) in [5, 5.41) is 9.61. The van der Waals surface area contributed by atoms with Gasteiger partial charge in [0.2, 0.25) is 0 Å². The van der Waals surface area contributed by atoms with Crippen molar-refractivity contribution in [1.82, 2.24) is 9.29 Å². The maximum atomic E-state index is 12.4. The summed E-state index contributed by atoms with van der Waals surface area (Å²) in [6.45, 7) is 2.11. The van der Waals surface area contributed by atoms with Crippen molar-refractivity contribution < 1.29 is 18.3 Å². The Labute approximate surface area is 130 Å². The van der Waals surface area contributed by atoms with Crippen LogP contribution in [0.15, 0.2) is 22.5 Å². The molecule has 6 nitrogen and oxygen atoms in total. The van der Waals surface area contributed by atoms with Crippen LogP contribution >= 0.6 is 22.7 Å². The van der Waals surface area contributed by atoms with Crippen molar-refractivity contribution in [2.24, 2.45) is 0 Å². The van der Waals surface area contributed by atoms with Gasteiger partial charge in [0, 0.05) is 29.5 Å². The van der Waals surface area contributed by atoms with E-state index in [1.54, 1.807) is 6.20 Å². The predicted octanol–water partition coefficient (Wildman–Crippen LogP) is 1.96. The van der Waals surface area contributed by atoms with E-state index in [4.69, 9.17) is 5.11 Å². The van der Waals surface area contributed by atoms with Gasteiger partial charge in [-0.2, -0.15) is 4.31 Å². The summed E-state index contributed by atoms with van der Waals surface area (Å²) in [6.07, 6.45) is 1.49. The van der Waals surface area contributed by atoms with E-state index in [9.17, 15) is 13.2 Å². The van der Waals surface area contributed by atoms with E-state index in [2.05, 4.69) is 4.98 Å². The number of aryl methyl sites for hydroxylation is 1. The number of carbonyl (C=O) groups is 1. The summed E-state index contributed by atoms with van der Waals surface area (Å²) in [4.78, 5) is 16.1. The van der Waals surface area contributed by atoms with Gasteiger partial charge in [0.05, 0.1) is 11.4 Å². The molecule has 0 aromatic carbocycles. The van der Waals surface area contributed by atoms with Crippen molar-refractivity contribution in [2.45, 2.75) is 24.1 Å². The molecule has 0 spiro atoms. The molecule has 0 bridgehead atoms. The van der Waals surface area contributed by atoms with Gasteiger partial charge in [-0.3, -0.25) is 4.79 Å². The third-order valence-corrected chi connectivity index (χ3v) is 6.93. The summed E-state index contributed by atoms with van der Waals surface area (Å²) < 4.78 is 26.2. The highest BCUT2D eigenvalue weighted by Gasteiger charge is 2.23.